The first-order chi connectivity index (χ1) is 13.1. The third-order valence-corrected chi connectivity index (χ3v) is 3.75. The van der Waals surface area contributed by atoms with Crippen LogP contribution in [0.1, 0.15) is 38.0 Å². The number of nitrogens with one attached hydrogen (secondary N) is 3. The van der Waals surface area contributed by atoms with E-state index in [0.29, 0.717) is 24.9 Å². The van der Waals surface area contributed by atoms with Gasteiger partial charge in [-0.25, -0.2) is 9.97 Å². The lowest BCUT2D eigenvalue weighted by atomic mass is 9.94. The minimum Gasteiger partial charge on any atom is -0.443 e. The average molecular weight is 398 g/mol. The SMILES string of the molecule is CN=C(NCCNc1ncccc1C(F)(F)F)NCc1ncc(C(C)(C)C)o1. The second kappa shape index (κ2) is 8.94. The molecule has 154 valence electrons. The number of guanidine groups is 1. The van der Waals surface area contributed by atoms with E-state index in [4.69, 9.17) is 4.42 Å². The smallest absolute Gasteiger partial charge is 0.419 e. The highest BCUT2D eigenvalue weighted by molar-refractivity contribution is 5.79. The molecule has 0 saturated carbocycles. The lowest BCUT2D eigenvalue weighted by Crippen LogP contribution is -2.39. The normalized spacial score (nSPS) is 12.8. The molecule has 0 aliphatic rings. The predicted octanol–water partition coefficient (Wildman–Crippen LogP) is 3.16. The van der Waals surface area contributed by atoms with Crippen LogP contribution in [0.25, 0.3) is 0 Å². The van der Waals surface area contributed by atoms with Crippen molar-refractivity contribution >= 4 is 11.8 Å². The molecule has 0 amide bonds. The van der Waals surface area contributed by atoms with E-state index in [1.807, 2.05) is 20.8 Å². The van der Waals surface area contributed by atoms with Crippen molar-refractivity contribution in [2.24, 2.45) is 4.99 Å². The first-order valence-corrected chi connectivity index (χ1v) is 8.77. The molecule has 10 heteroatoms. The van der Waals surface area contributed by atoms with E-state index >= 15 is 0 Å². The molecule has 0 aliphatic carbocycles. The third-order valence-electron chi connectivity index (χ3n) is 3.75. The zero-order chi connectivity index (χ0) is 20.8. The fourth-order valence-electron chi connectivity index (χ4n) is 2.26. The van der Waals surface area contributed by atoms with Crippen molar-refractivity contribution in [3.05, 3.63) is 41.7 Å². The number of hydrogen-bond donors (Lipinski definition) is 3. The lowest BCUT2D eigenvalue weighted by Gasteiger charge is -2.15. The van der Waals surface area contributed by atoms with Crippen LogP contribution in [0.2, 0.25) is 0 Å². The first kappa shape index (κ1) is 21.5. The van der Waals surface area contributed by atoms with E-state index in [-0.39, 0.29) is 17.8 Å². The third kappa shape index (κ3) is 6.14. The molecule has 3 N–H and O–H groups in total. The number of alkyl halides is 3. The Bertz CT molecular complexity index is 795. The van der Waals surface area contributed by atoms with Crippen molar-refractivity contribution < 1.29 is 17.6 Å². The molecule has 2 heterocycles. The summed E-state index contributed by atoms with van der Waals surface area (Å²) in [5.74, 6) is 1.59. The molecule has 0 atom stereocenters. The Morgan fingerprint density at radius 3 is 2.50 bits per heavy atom. The molecule has 2 aromatic heterocycles. The Labute approximate surface area is 161 Å². The number of halogens is 3. The molecule has 0 aromatic carbocycles. The van der Waals surface area contributed by atoms with Gasteiger partial charge in [0, 0.05) is 31.7 Å². The highest BCUT2D eigenvalue weighted by Gasteiger charge is 2.33. The van der Waals surface area contributed by atoms with Crippen molar-refractivity contribution in [2.45, 2.75) is 38.9 Å². The van der Waals surface area contributed by atoms with Crippen molar-refractivity contribution in [3.8, 4) is 0 Å². The fourth-order valence-corrected chi connectivity index (χ4v) is 2.26. The van der Waals surface area contributed by atoms with E-state index in [2.05, 4.69) is 30.9 Å². The van der Waals surface area contributed by atoms with E-state index in [1.54, 1.807) is 13.2 Å². The monoisotopic (exact) mass is 398 g/mol. The second-order valence-electron chi connectivity index (χ2n) is 7.04. The Kier molecular flexibility index (Phi) is 6.87. The zero-order valence-corrected chi connectivity index (χ0v) is 16.3. The van der Waals surface area contributed by atoms with E-state index in [0.717, 1.165) is 11.8 Å². The van der Waals surface area contributed by atoms with Gasteiger partial charge in [-0.1, -0.05) is 20.8 Å². The summed E-state index contributed by atoms with van der Waals surface area (Å²) in [5, 5.41) is 8.73. The van der Waals surface area contributed by atoms with Crippen LogP contribution in [-0.2, 0) is 18.1 Å². The van der Waals surface area contributed by atoms with E-state index in [9.17, 15) is 13.2 Å². The lowest BCUT2D eigenvalue weighted by molar-refractivity contribution is -0.137. The van der Waals surface area contributed by atoms with Crippen LogP contribution in [0.15, 0.2) is 33.9 Å². The van der Waals surface area contributed by atoms with Gasteiger partial charge in [0.25, 0.3) is 0 Å². The number of anilines is 1. The Balaban J connectivity index is 1.80. The maximum atomic E-state index is 12.9. The van der Waals surface area contributed by atoms with Gasteiger partial charge in [0.1, 0.15) is 11.6 Å². The first-order valence-electron chi connectivity index (χ1n) is 8.77. The number of nitrogens with zero attached hydrogens (tertiary/aromatic N) is 3. The molecule has 0 saturated heterocycles. The summed E-state index contributed by atoms with van der Waals surface area (Å²) in [7, 11) is 1.60. The van der Waals surface area contributed by atoms with Crippen LogP contribution < -0.4 is 16.0 Å². The summed E-state index contributed by atoms with van der Waals surface area (Å²) < 4.78 is 44.5. The van der Waals surface area contributed by atoms with Crippen LogP contribution in [0, 0.1) is 0 Å². The fraction of sp³-hybridized carbons (Fsp3) is 0.500. The summed E-state index contributed by atoms with van der Waals surface area (Å²) in [6.07, 6.45) is -1.44. The molecule has 2 rings (SSSR count). The van der Waals surface area contributed by atoms with Crippen LogP contribution in [0.4, 0.5) is 19.0 Å². The molecule has 0 fully saturated rings. The number of rotatable bonds is 6. The second-order valence-corrected chi connectivity index (χ2v) is 7.04. The van der Waals surface area contributed by atoms with Crippen LogP contribution in [0.5, 0.6) is 0 Å². The topological polar surface area (TPSA) is 87.4 Å². The number of hydrogen-bond acceptors (Lipinski definition) is 5. The summed E-state index contributed by atoms with van der Waals surface area (Å²) in [5.41, 5.74) is -0.923. The average Bonchev–Trinajstić information content (AvgIpc) is 3.10. The largest absolute Gasteiger partial charge is 0.443 e. The maximum Gasteiger partial charge on any atom is 0.419 e. The minimum absolute atomic E-state index is 0.127. The van der Waals surface area contributed by atoms with Gasteiger partial charge in [-0.3, -0.25) is 4.99 Å². The molecular formula is C18H25F3N6O. The molecular weight excluding hydrogens is 373 g/mol. The standard InChI is InChI=1S/C18H25F3N6O/c1-17(2,3)13-10-26-14(28-13)11-27-16(22-4)25-9-8-24-15-12(18(19,20)21)6-5-7-23-15/h5-7,10H,8-9,11H2,1-4H3,(H,23,24)(H2,22,25,27). The summed E-state index contributed by atoms with van der Waals surface area (Å²) in [4.78, 5) is 12.0. The molecule has 0 unspecified atom stereocenters. The van der Waals surface area contributed by atoms with Crippen LogP contribution >= 0.6 is 0 Å². The summed E-state index contributed by atoms with van der Waals surface area (Å²) in [6.45, 7) is 7.00. The number of oxazole rings is 1. The summed E-state index contributed by atoms with van der Waals surface area (Å²) >= 11 is 0. The Morgan fingerprint density at radius 2 is 1.89 bits per heavy atom. The maximum absolute atomic E-state index is 12.9. The minimum atomic E-state index is -4.45. The zero-order valence-electron chi connectivity index (χ0n) is 16.3. The van der Waals surface area contributed by atoms with Gasteiger partial charge in [0.15, 0.2) is 5.96 Å². The van der Waals surface area contributed by atoms with Gasteiger partial charge in [0.05, 0.1) is 18.3 Å². The molecule has 0 spiro atoms. The molecule has 0 aliphatic heterocycles. The predicted molar refractivity (Wildman–Crippen MR) is 101 cm³/mol. The van der Waals surface area contributed by atoms with Gasteiger partial charge in [-0.15, -0.1) is 0 Å². The van der Waals surface area contributed by atoms with Crippen molar-refractivity contribution in [2.75, 3.05) is 25.5 Å². The van der Waals surface area contributed by atoms with Crippen molar-refractivity contribution in [3.63, 3.8) is 0 Å². The number of pyridine rings is 1. The molecule has 0 radical (unpaired) electrons. The highest BCUT2D eigenvalue weighted by atomic mass is 19.4. The van der Waals surface area contributed by atoms with Crippen molar-refractivity contribution in [1.29, 1.82) is 0 Å². The van der Waals surface area contributed by atoms with Gasteiger partial charge in [0.2, 0.25) is 5.89 Å². The number of aliphatic imine (C=N–C) groups is 1. The van der Waals surface area contributed by atoms with Crippen LogP contribution in [0.3, 0.4) is 0 Å². The molecule has 28 heavy (non-hydrogen) atoms. The molecule has 0 bridgehead atoms. The van der Waals surface area contributed by atoms with Gasteiger partial charge in [-0.2, -0.15) is 13.2 Å². The van der Waals surface area contributed by atoms with Gasteiger partial charge >= 0.3 is 6.18 Å². The van der Waals surface area contributed by atoms with Gasteiger partial charge < -0.3 is 20.4 Å². The summed E-state index contributed by atoms with van der Waals surface area (Å²) in [6, 6.07) is 2.25. The van der Waals surface area contributed by atoms with Crippen molar-refractivity contribution in [1.82, 2.24) is 20.6 Å². The van der Waals surface area contributed by atoms with E-state index in [1.165, 1.54) is 12.3 Å². The highest BCUT2D eigenvalue weighted by Crippen LogP contribution is 2.33. The Morgan fingerprint density at radius 1 is 1.14 bits per heavy atom. The number of aromatic nitrogens is 2. The van der Waals surface area contributed by atoms with Gasteiger partial charge in [-0.05, 0) is 12.1 Å². The molecule has 2 aromatic rings. The van der Waals surface area contributed by atoms with Crippen LogP contribution in [-0.4, -0.2) is 36.1 Å². The Hall–Kier alpha value is -2.78. The molecule has 7 nitrogen and oxygen atoms in total. The van der Waals surface area contributed by atoms with E-state index < -0.39 is 11.7 Å². The quantitative estimate of drug-likeness (QED) is 0.394.